The predicted octanol–water partition coefficient (Wildman–Crippen LogP) is 4.69. The number of hydrogen-bond donors (Lipinski definition) is 0. The average Bonchev–Trinajstić information content (AvgIpc) is 2.94. The monoisotopic (exact) mass is 418 g/mol. The number of rotatable bonds is 7. The zero-order valence-electron chi connectivity index (χ0n) is 19.8. The third-order valence-electron chi connectivity index (χ3n) is 6.07. The van der Waals surface area contributed by atoms with Crippen LogP contribution in [-0.2, 0) is 16.1 Å². The van der Waals surface area contributed by atoms with Crippen molar-refractivity contribution in [1.29, 1.82) is 0 Å². The molecule has 1 aliphatic carbocycles. The van der Waals surface area contributed by atoms with Crippen LogP contribution in [0.25, 0.3) is 0 Å². The summed E-state index contributed by atoms with van der Waals surface area (Å²) in [4.78, 5) is 40.7. The largest absolute Gasteiger partial charge is 0.464 e. The summed E-state index contributed by atoms with van der Waals surface area (Å²) in [5.41, 5.74) is 2.22. The van der Waals surface area contributed by atoms with Crippen molar-refractivity contribution in [2.24, 2.45) is 5.41 Å². The quantitative estimate of drug-likeness (QED) is 0.476. The molecule has 0 bridgehead atoms. The van der Waals surface area contributed by atoms with Gasteiger partial charge >= 0.3 is 5.97 Å². The van der Waals surface area contributed by atoms with Gasteiger partial charge in [-0.1, -0.05) is 40.0 Å². The van der Waals surface area contributed by atoms with Crippen LogP contribution < -0.4 is 0 Å². The Kier molecular flexibility index (Phi) is 7.89. The van der Waals surface area contributed by atoms with E-state index in [2.05, 4.69) is 0 Å². The molecule has 168 valence electrons. The maximum Gasteiger partial charge on any atom is 0.354 e. The molecule has 1 amide bonds. The lowest BCUT2D eigenvalue weighted by Gasteiger charge is -2.35. The van der Waals surface area contributed by atoms with E-state index in [0.717, 1.165) is 31.4 Å². The normalized spacial score (nSPS) is 15.2. The van der Waals surface area contributed by atoms with E-state index in [4.69, 9.17) is 4.74 Å². The molecular formula is C24H38N2O4. The summed E-state index contributed by atoms with van der Waals surface area (Å²) in [6.45, 7) is 12.4. The molecule has 1 aromatic rings. The minimum absolute atomic E-state index is 0.0428. The number of amides is 1. The lowest BCUT2D eigenvalue weighted by molar-refractivity contribution is -0.135. The second kappa shape index (κ2) is 9.80. The van der Waals surface area contributed by atoms with Gasteiger partial charge in [-0.15, -0.1) is 0 Å². The van der Waals surface area contributed by atoms with E-state index in [1.54, 1.807) is 6.92 Å². The van der Waals surface area contributed by atoms with Crippen molar-refractivity contribution in [3.05, 3.63) is 22.5 Å². The molecule has 1 heterocycles. The Morgan fingerprint density at radius 2 is 1.70 bits per heavy atom. The first kappa shape index (κ1) is 24.2. The standard InChI is InChI=1S/C24H38N2O4/c1-8-25-17(3)21(16(2)22(25)23(29)30-7)19(27)15-26(18-12-10-9-11-13-18)20(28)14-24(4,5)6/h18H,8-15H2,1-7H3. The van der Waals surface area contributed by atoms with Gasteiger partial charge in [0, 0.05) is 30.3 Å². The third kappa shape index (κ3) is 5.32. The van der Waals surface area contributed by atoms with Crippen LogP contribution in [-0.4, -0.2) is 46.8 Å². The number of Topliss-reactive ketones (excluding diaryl/α,β-unsaturated/α-hetero) is 1. The number of hydrogen-bond acceptors (Lipinski definition) is 4. The van der Waals surface area contributed by atoms with Gasteiger partial charge in [-0.2, -0.15) is 0 Å². The van der Waals surface area contributed by atoms with Crippen LogP contribution in [0.1, 0.15) is 98.3 Å². The highest BCUT2D eigenvalue weighted by atomic mass is 16.5. The van der Waals surface area contributed by atoms with E-state index >= 15 is 0 Å². The number of esters is 1. The summed E-state index contributed by atoms with van der Waals surface area (Å²) < 4.78 is 6.77. The number of nitrogens with zero attached hydrogens (tertiary/aromatic N) is 2. The Morgan fingerprint density at radius 1 is 1.10 bits per heavy atom. The Hall–Kier alpha value is -2.11. The Balaban J connectivity index is 2.38. The molecule has 6 heteroatoms. The second-order valence-electron chi connectivity index (χ2n) is 9.64. The molecule has 0 unspecified atom stereocenters. The first-order valence-corrected chi connectivity index (χ1v) is 11.1. The molecule has 0 N–H and O–H groups in total. The Morgan fingerprint density at radius 3 is 2.20 bits per heavy atom. The summed E-state index contributed by atoms with van der Waals surface area (Å²) >= 11 is 0. The molecule has 30 heavy (non-hydrogen) atoms. The van der Waals surface area contributed by atoms with Crippen LogP contribution in [0, 0.1) is 19.3 Å². The fourth-order valence-corrected chi connectivity index (χ4v) is 4.66. The van der Waals surface area contributed by atoms with E-state index in [9.17, 15) is 14.4 Å². The Labute approximate surface area is 181 Å². The first-order chi connectivity index (χ1) is 14.0. The average molecular weight is 419 g/mol. The van der Waals surface area contributed by atoms with E-state index in [1.165, 1.54) is 13.5 Å². The van der Waals surface area contributed by atoms with Gasteiger partial charge in [-0.25, -0.2) is 4.79 Å². The minimum atomic E-state index is -0.440. The summed E-state index contributed by atoms with van der Waals surface area (Å²) in [5.74, 6) is -0.499. The van der Waals surface area contributed by atoms with Gasteiger partial charge in [0.25, 0.3) is 0 Å². The molecule has 1 fully saturated rings. The van der Waals surface area contributed by atoms with Crippen molar-refractivity contribution in [2.45, 2.75) is 92.7 Å². The van der Waals surface area contributed by atoms with Crippen molar-refractivity contribution >= 4 is 17.7 Å². The molecule has 1 aliphatic rings. The fraction of sp³-hybridized carbons (Fsp3) is 0.708. The number of methoxy groups -OCH3 is 1. The summed E-state index contributed by atoms with van der Waals surface area (Å²) in [7, 11) is 1.35. The first-order valence-electron chi connectivity index (χ1n) is 11.1. The topological polar surface area (TPSA) is 68.6 Å². The second-order valence-corrected chi connectivity index (χ2v) is 9.64. The predicted molar refractivity (Wildman–Crippen MR) is 118 cm³/mol. The van der Waals surface area contributed by atoms with Crippen molar-refractivity contribution < 1.29 is 19.1 Å². The van der Waals surface area contributed by atoms with E-state index in [-0.39, 0.29) is 29.7 Å². The van der Waals surface area contributed by atoms with Crippen LogP contribution in [0.15, 0.2) is 0 Å². The maximum absolute atomic E-state index is 13.4. The van der Waals surface area contributed by atoms with Crippen LogP contribution in [0.4, 0.5) is 0 Å². The van der Waals surface area contributed by atoms with Crippen molar-refractivity contribution in [3.63, 3.8) is 0 Å². The zero-order chi connectivity index (χ0) is 22.6. The van der Waals surface area contributed by atoms with Crippen molar-refractivity contribution in [3.8, 4) is 0 Å². The molecule has 0 aromatic carbocycles. The molecule has 0 radical (unpaired) electrons. The molecule has 0 aliphatic heterocycles. The number of ketones is 1. The molecule has 1 aromatic heterocycles. The number of ether oxygens (including phenoxy) is 1. The zero-order valence-corrected chi connectivity index (χ0v) is 19.8. The van der Waals surface area contributed by atoms with Crippen molar-refractivity contribution in [1.82, 2.24) is 9.47 Å². The molecule has 6 nitrogen and oxygen atoms in total. The van der Waals surface area contributed by atoms with E-state index in [0.29, 0.717) is 29.8 Å². The van der Waals surface area contributed by atoms with Crippen molar-refractivity contribution in [2.75, 3.05) is 13.7 Å². The SMILES string of the molecule is CCn1c(C)c(C(=O)CN(C(=O)CC(C)(C)C)C2CCCCC2)c(C)c1C(=O)OC. The molecule has 2 rings (SSSR count). The minimum Gasteiger partial charge on any atom is -0.464 e. The summed E-state index contributed by atoms with van der Waals surface area (Å²) in [6.07, 6.45) is 5.68. The summed E-state index contributed by atoms with van der Waals surface area (Å²) in [5, 5.41) is 0. The summed E-state index contributed by atoms with van der Waals surface area (Å²) in [6, 6.07) is 0.117. The van der Waals surface area contributed by atoms with Gasteiger partial charge in [0.05, 0.1) is 13.7 Å². The van der Waals surface area contributed by atoms with Crippen LogP contribution in [0.3, 0.4) is 0 Å². The lowest BCUT2D eigenvalue weighted by Crippen LogP contribution is -2.45. The Bertz CT molecular complexity index is 795. The van der Waals surface area contributed by atoms with Gasteiger partial charge in [-0.3, -0.25) is 9.59 Å². The van der Waals surface area contributed by atoms with Gasteiger partial charge in [0.15, 0.2) is 5.78 Å². The molecule has 1 saturated carbocycles. The molecular weight excluding hydrogens is 380 g/mol. The maximum atomic E-state index is 13.4. The van der Waals surface area contributed by atoms with Gasteiger partial charge in [-0.05, 0) is 44.6 Å². The lowest BCUT2D eigenvalue weighted by atomic mass is 9.89. The van der Waals surface area contributed by atoms with Gasteiger partial charge < -0.3 is 14.2 Å². The highest BCUT2D eigenvalue weighted by Crippen LogP contribution is 2.29. The number of carbonyl (C=O) groups is 3. The van der Waals surface area contributed by atoms with E-state index < -0.39 is 5.97 Å². The highest BCUT2D eigenvalue weighted by molar-refractivity contribution is 6.04. The molecule has 0 saturated heterocycles. The van der Waals surface area contributed by atoms with E-state index in [1.807, 2.05) is 44.1 Å². The fourth-order valence-electron chi connectivity index (χ4n) is 4.66. The van der Waals surface area contributed by atoms with Crippen LogP contribution in [0.5, 0.6) is 0 Å². The molecule has 0 atom stereocenters. The third-order valence-corrected chi connectivity index (χ3v) is 6.07. The number of aromatic nitrogens is 1. The molecule has 0 spiro atoms. The van der Waals surface area contributed by atoms with Crippen LogP contribution >= 0.6 is 0 Å². The van der Waals surface area contributed by atoms with Gasteiger partial charge in [0.2, 0.25) is 5.91 Å². The van der Waals surface area contributed by atoms with Crippen LogP contribution in [0.2, 0.25) is 0 Å². The highest BCUT2D eigenvalue weighted by Gasteiger charge is 2.32. The van der Waals surface area contributed by atoms with Gasteiger partial charge in [0.1, 0.15) is 5.69 Å². The smallest absolute Gasteiger partial charge is 0.354 e. The number of carbonyl (C=O) groups excluding carboxylic acids is 3.